The van der Waals surface area contributed by atoms with E-state index >= 15 is 0 Å². The van der Waals surface area contributed by atoms with Crippen molar-refractivity contribution in [2.45, 2.75) is 13.0 Å². The van der Waals surface area contributed by atoms with Gasteiger partial charge in [0, 0.05) is 31.2 Å². The van der Waals surface area contributed by atoms with Crippen LogP contribution in [-0.2, 0) is 4.79 Å². The van der Waals surface area contributed by atoms with Crippen LogP contribution in [0.3, 0.4) is 0 Å². The molecule has 112 valence electrons. The molecule has 5 nitrogen and oxygen atoms in total. The molecule has 0 saturated carbocycles. The number of hydrogen-bond donors (Lipinski definition) is 1. The summed E-state index contributed by atoms with van der Waals surface area (Å²) in [5, 5.41) is 3.29. The van der Waals surface area contributed by atoms with Crippen molar-refractivity contribution in [1.82, 2.24) is 10.2 Å². The minimum absolute atomic E-state index is 0.0671. The Hall–Kier alpha value is -2.01. The highest BCUT2D eigenvalue weighted by molar-refractivity contribution is 5.99. The molecule has 1 amide bonds. The van der Waals surface area contributed by atoms with E-state index in [1.54, 1.807) is 7.11 Å². The SMILES string of the molecule is COc1ccc2c(c1)C=C(C(=O)N1CCNCC1C)CO2. The standard InChI is InChI=1S/C16H20N2O3/c1-11-9-17-5-6-18(11)16(19)13-7-12-8-14(20-2)3-4-15(12)21-10-13/h3-4,7-8,11,17H,5-6,9-10H2,1-2H3. The molecule has 0 aliphatic carbocycles. The summed E-state index contributed by atoms with van der Waals surface area (Å²) in [5.74, 6) is 1.62. The Bertz CT molecular complexity index is 583. The molecule has 1 fully saturated rings. The van der Waals surface area contributed by atoms with Crippen LogP contribution in [0.25, 0.3) is 6.08 Å². The Morgan fingerprint density at radius 1 is 1.48 bits per heavy atom. The maximum atomic E-state index is 12.6. The van der Waals surface area contributed by atoms with E-state index < -0.39 is 0 Å². The summed E-state index contributed by atoms with van der Waals surface area (Å²) in [5.41, 5.74) is 1.59. The number of carbonyl (C=O) groups is 1. The summed E-state index contributed by atoms with van der Waals surface area (Å²) in [6.45, 7) is 4.81. The molecule has 1 aromatic carbocycles. The van der Waals surface area contributed by atoms with Crippen LogP contribution in [0.15, 0.2) is 23.8 Å². The van der Waals surface area contributed by atoms with Crippen LogP contribution in [-0.4, -0.2) is 50.2 Å². The molecule has 2 heterocycles. The van der Waals surface area contributed by atoms with Gasteiger partial charge in [-0.3, -0.25) is 4.79 Å². The van der Waals surface area contributed by atoms with E-state index in [0.29, 0.717) is 12.2 Å². The zero-order chi connectivity index (χ0) is 14.8. The number of nitrogens with one attached hydrogen (secondary N) is 1. The van der Waals surface area contributed by atoms with E-state index in [0.717, 1.165) is 36.7 Å². The third kappa shape index (κ3) is 2.74. The number of methoxy groups -OCH3 is 1. The molecule has 0 spiro atoms. The van der Waals surface area contributed by atoms with E-state index in [1.165, 1.54) is 0 Å². The van der Waals surface area contributed by atoms with Crippen LogP contribution in [0.4, 0.5) is 0 Å². The minimum atomic E-state index is 0.0671. The van der Waals surface area contributed by atoms with E-state index in [2.05, 4.69) is 12.2 Å². The predicted octanol–water partition coefficient (Wildman–Crippen LogP) is 1.29. The Morgan fingerprint density at radius 2 is 2.33 bits per heavy atom. The number of hydrogen-bond acceptors (Lipinski definition) is 4. The van der Waals surface area contributed by atoms with Crippen molar-refractivity contribution in [2.75, 3.05) is 33.4 Å². The lowest BCUT2D eigenvalue weighted by atomic mass is 10.0. The second-order valence-corrected chi connectivity index (χ2v) is 5.41. The average Bonchev–Trinajstić information content (AvgIpc) is 2.53. The average molecular weight is 288 g/mol. The number of carbonyl (C=O) groups excluding carboxylic acids is 1. The lowest BCUT2D eigenvalue weighted by molar-refractivity contribution is -0.130. The van der Waals surface area contributed by atoms with Gasteiger partial charge in [0.25, 0.3) is 5.91 Å². The molecule has 1 unspecified atom stereocenters. The van der Waals surface area contributed by atoms with E-state index in [4.69, 9.17) is 9.47 Å². The summed E-state index contributed by atoms with van der Waals surface area (Å²) >= 11 is 0. The lowest BCUT2D eigenvalue weighted by Crippen LogP contribution is -2.53. The Morgan fingerprint density at radius 3 is 3.10 bits per heavy atom. The van der Waals surface area contributed by atoms with Crippen molar-refractivity contribution in [3.8, 4) is 11.5 Å². The Labute approximate surface area is 124 Å². The zero-order valence-corrected chi connectivity index (χ0v) is 12.4. The third-order valence-electron chi connectivity index (χ3n) is 3.97. The Kier molecular flexibility index (Phi) is 3.84. The van der Waals surface area contributed by atoms with E-state index in [9.17, 15) is 4.79 Å². The number of nitrogens with zero attached hydrogens (tertiary/aromatic N) is 1. The molecular formula is C16H20N2O3. The van der Waals surface area contributed by atoms with Crippen LogP contribution in [0.2, 0.25) is 0 Å². The lowest BCUT2D eigenvalue weighted by Gasteiger charge is -2.35. The van der Waals surface area contributed by atoms with Crippen molar-refractivity contribution in [2.24, 2.45) is 0 Å². The number of rotatable bonds is 2. The van der Waals surface area contributed by atoms with Gasteiger partial charge in [-0.2, -0.15) is 0 Å². The zero-order valence-electron chi connectivity index (χ0n) is 12.4. The fourth-order valence-corrected chi connectivity index (χ4v) is 2.73. The summed E-state index contributed by atoms with van der Waals surface area (Å²) in [6.07, 6.45) is 1.92. The molecule has 3 rings (SSSR count). The van der Waals surface area contributed by atoms with Crippen molar-refractivity contribution >= 4 is 12.0 Å². The monoisotopic (exact) mass is 288 g/mol. The first-order valence-electron chi connectivity index (χ1n) is 7.22. The summed E-state index contributed by atoms with van der Waals surface area (Å²) in [4.78, 5) is 14.6. The molecule has 1 saturated heterocycles. The number of fused-ring (bicyclic) bond motifs is 1. The molecule has 2 aliphatic heterocycles. The van der Waals surface area contributed by atoms with Gasteiger partial charge in [0.05, 0.1) is 12.7 Å². The molecule has 1 atom stereocenters. The van der Waals surface area contributed by atoms with Crippen LogP contribution in [0, 0.1) is 0 Å². The fourth-order valence-electron chi connectivity index (χ4n) is 2.73. The van der Waals surface area contributed by atoms with Crippen LogP contribution < -0.4 is 14.8 Å². The van der Waals surface area contributed by atoms with E-state index in [-0.39, 0.29) is 11.9 Å². The quantitative estimate of drug-likeness (QED) is 0.891. The molecule has 1 aromatic rings. The van der Waals surface area contributed by atoms with Crippen molar-refractivity contribution in [3.63, 3.8) is 0 Å². The second-order valence-electron chi connectivity index (χ2n) is 5.41. The molecule has 1 N–H and O–H groups in total. The van der Waals surface area contributed by atoms with Crippen LogP contribution in [0.1, 0.15) is 12.5 Å². The second kappa shape index (κ2) is 5.77. The fraction of sp³-hybridized carbons (Fsp3) is 0.438. The van der Waals surface area contributed by atoms with Gasteiger partial charge >= 0.3 is 0 Å². The highest BCUT2D eigenvalue weighted by Crippen LogP contribution is 2.30. The van der Waals surface area contributed by atoms with Gasteiger partial charge in [0.15, 0.2) is 0 Å². The summed E-state index contributed by atoms with van der Waals surface area (Å²) in [7, 11) is 1.63. The van der Waals surface area contributed by atoms with Crippen LogP contribution in [0.5, 0.6) is 11.5 Å². The number of piperazine rings is 1. The molecule has 0 bridgehead atoms. The first-order chi connectivity index (χ1) is 10.2. The summed E-state index contributed by atoms with van der Waals surface area (Å²) < 4.78 is 10.9. The van der Waals surface area contributed by atoms with Gasteiger partial charge in [0.1, 0.15) is 18.1 Å². The first-order valence-corrected chi connectivity index (χ1v) is 7.22. The maximum absolute atomic E-state index is 12.6. The molecular weight excluding hydrogens is 268 g/mol. The number of benzene rings is 1. The van der Waals surface area contributed by atoms with Gasteiger partial charge in [-0.15, -0.1) is 0 Å². The molecule has 5 heteroatoms. The van der Waals surface area contributed by atoms with Gasteiger partial charge in [-0.25, -0.2) is 0 Å². The number of ether oxygens (including phenoxy) is 2. The first kappa shape index (κ1) is 13.9. The topological polar surface area (TPSA) is 50.8 Å². The summed E-state index contributed by atoms with van der Waals surface area (Å²) in [6, 6.07) is 5.83. The number of amides is 1. The molecule has 21 heavy (non-hydrogen) atoms. The van der Waals surface area contributed by atoms with Crippen LogP contribution >= 0.6 is 0 Å². The van der Waals surface area contributed by atoms with E-state index in [1.807, 2.05) is 29.2 Å². The highest BCUT2D eigenvalue weighted by Gasteiger charge is 2.27. The Balaban J connectivity index is 1.85. The van der Waals surface area contributed by atoms with Crippen molar-refractivity contribution in [1.29, 1.82) is 0 Å². The predicted molar refractivity (Wildman–Crippen MR) is 80.5 cm³/mol. The molecule has 2 aliphatic rings. The van der Waals surface area contributed by atoms with Gasteiger partial charge in [-0.1, -0.05) is 0 Å². The van der Waals surface area contributed by atoms with Gasteiger partial charge in [0.2, 0.25) is 0 Å². The smallest absolute Gasteiger partial charge is 0.253 e. The molecule has 0 radical (unpaired) electrons. The third-order valence-corrected chi connectivity index (χ3v) is 3.97. The minimum Gasteiger partial charge on any atom is -0.497 e. The largest absolute Gasteiger partial charge is 0.497 e. The van der Waals surface area contributed by atoms with Crippen molar-refractivity contribution in [3.05, 3.63) is 29.3 Å². The van der Waals surface area contributed by atoms with Crippen molar-refractivity contribution < 1.29 is 14.3 Å². The normalized spacial score (nSPS) is 21.1. The van der Waals surface area contributed by atoms with Gasteiger partial charge < -0.3 is 19.7 Å². The molecule has 0 aromatic heterocycles. The van der Waals surface area contributed by atoms with Gasteiger partial charge in [-0.05, 0) is 31.2 Å². The highest BCUT2D eigenvalue weighted by atomic mass is 16.5. The maximum Gasteiger partial charge on any atom is 0.253 e.